The SMILES string of the molecule is CCOc1cc(C)nc(N2CCN(C(=O)c3cn(C)nc3-c3ccc(F)cc3F)CC2)n1. The number of benzene rings is 1. The lowest BCUT2D eigenvalue weighted by Crippen LogP contribution is -2.49. The van der Waals surface area contributed by atoms with Crippen molar-refractivity contribution in [1.29, 1.82) is 0 Å². The second-order valence-electron chi connectivity index (χ2n) is 7.55. The summed E-state index contributed by atoms with van der Waals surface area (Å²) in [4.78, 5) is 25.9. The van der Waals surface area contributed by atoms with Gasteiger partial charge in [-0.2, -0.15) is 10.1 Å². The van der Waals surface area contributed by atoms with Crippen molar-refractivity contribution in [2.75, 3.05) is 37.7 Å². The van der Waals surface area contributed by atoms with Crippen LogP contribution >= 0.6 is 0 Å². The quantitative estimate of drug-likeness (QED) is 0.605. The molecule has 168 valence electrons. The Morgan fingerprint density at radius 2 is 1.88 bits per heavy atom. The maximum atomic E-state index is 14.3. The first kappa shape index (κ1) is 21.7. The number of piperazine rings is 1. The van der Waals surface area contributed by atoms with Crippen LogP contribution in [0.15, 0.2) is 30.5 Å². The van der Waals surface area contributed by atoms with Crippen LogP contribution in [0.3, 0.4) is 0 Å². The summed E-state index contributed by atoms with van der Waals surface area (Å²) in [5, 5.41) is 4.25. The van der Waals surface area contributed by atoms with E-state index in [-0.39, 0.29) is 22.7 Å². The summed E-state index contributed by atoms with van der Waals surface area (Å²) in [5.41, 5.74) is 1.36. The van der Waals surface area contributed by atoms with Crippen LogP contribution in [0, 0.1) is 18.6 Å². The molecule has 3 heterocycles. The lowest BCUT2D eigenvalue weighted by molar-refractivity contribution is 0.0746. The molecule has 4 rings (SSSR count). The van der Waals surface area contributed by atoms with Gasteiger partial charge >= 0.3 is 0 Å². The van der Waals surface area contributed by atoms with Crippen LogP contribution in [-0.2, 0) is 7.05 Å². The lowest BCUT2D eigenvalue weighted by Gasteiger charge is -2.34. The summed E-state index contributed by atoms with van der Waals surface area (Å²) in [6, 6.07) is 5.02. The van der Waals surface area contributed by atoms with Gasteiger partial charge in [0.15, 0.2) is 0 Å². The highest BCUT2D eigenvalue weighted by atomic mass is 19.1. The van der Waals surface area contributed by atoms with Gasteiger partial charge in [0.25, 0.3) is 5.91 Å². The average Bonchev–Trinajstić information content (AvgIpc) is 3.14. The molecule has 0 atom stereocenters. The summed E-state index contributed by atoms with van der Waals surface area (Å²) < 4.78 is 34.6. The Balaban J connectivity index is 1.51. The maximum absolute atomic E-state index is 14.3. The Morgan fingerprint density at radius 3 is 2.56 bits per heavy atom. The molecule has 10 heteroatoms. The highest BCUT2D eigenvalue weighted by Gasteiger charge is 2.28. The summed E-state index contributed by atoms with van der Waals surface area (Å²) in [7, 11) is 1.66. The molecule has 8 nitrogen and oxygen atoms in total. The van der Waals surface area contributed by atoms with E-state index in [0.717, 1.165) is 17.8 Å². The molecule has 2 aromatic heterocycles. The van der Waals surface area contributed by atoms with Gasteiger partial charge in [0, 0.05) is 62.8 Å². The van der Waals surface area contributed by atoms with Gasteiger partial charge in [0.05, 0.1) is 12.2 Å². The molecular formula is C22H24F2N6O2. The van der Waals surface area contributed by atoms with E-state index in [1.54, 1.807) is 24.2 Å². The van der Waals surface area contributed by atoms with Crippen LogP contribution in [0.4, 0.5) is 14.7 Å². The standard InChI is InChI=1S/C22H24F2N6O2/c1-4-32-19-11-14(2)25-22(26-19)30-9-7-29(8-10-30)21(31)17-13-28(3)27-20(17)16-6-5-15(23)12-18(16)24/h5-6,11-13H,4,7-10H2,1-3H3. The monoisotopic (exact) mass is 442 g/mol. The van der Waals surface area contributed by atoms with Gasteiger partial charge in [-0.15, -0.1) is 0 Å². The van der Waals surface area contributed by atoms with Gasteiger partial charge in [0.2, 0.25) is 11.8 Å². The third-order valence-electron chi connectivity index (χ3n) is 5.21. The van der Waals surface area contributed by atoms with Crippen molar-refractivity contribution in [3.8, 4) is 17.1 Å². The van der Waals surface area contributed by atoms with Crippen molar-refractivity contribution in [3.05, 3.63) is 53.4 Å². The number of ether oxygens (including phenoxy) is 1. The van der Waals surface area contributed by atoms with Crippen molar-refractivity contribution in [3.63, 3.8) is 0 Å². The molecule has 0 aliphatic carbocycles. The van der Waals surface area contributed by atoms with E-state index in [9.17, 15) is 13.6 Å². The smallest absolute Gasteiger partial charge is 0.257 e. The zero-order chi connectivity index (χ0) is 22.8. The number of carbonyl (C=O) groups excluding carboxylic acids is 1. The molecule has 0 radical (unpaired) electrons. The second-order valence-corrected chi connectivity index (χ2v) is 7.55. The second kappa shape index (κ2) is 8.89. The maximum Gasteiger partial charge on any atom is 0.257 e. The predicted molar refractivity (Wildman–Crippen MR) is 115 cm³/mol. The number of aromatic nitrogens is 4. The van der Waals surface area contributed by atoms with E-state index in [1.807, 2.05) is 18.7 Å². The number of hydrogen-bond donors (Lipinski definition) is 0. The predicted octanol–water partition coefficient (Wildman–Crippen LogP) is 2.82. The van der Waals surface area contributed by atoms with Crippen molar-refractivity contribution < 1.29 is 18.3 Å². The summed E-state index contributed by atoms with van der Waals surface area (Å²) in [6.45, 7) is 6.27. The minimum Gasteiger partial charge on any atom is -0.478 e. The number of nitrogens with zero attached hydrogens (tertiary/aromatic N) is 6. The van der Waals surface area contributed by atoms with Crippen molar-refractivity contribution >= 4 is 11.9 Å². The van der Waals surface area contributed by atoms with E-state index >= 15 is 0 Å². The molecule has 0 unspecified atom stereocenters. The minimum absolute atomic E-state index is 0.0885. The van der Waals surface area contributed by atoms with Gasteiger partial charge in [-0.3, -0.25) is 9.48 Å². The van der Waals surface area contributed by atoms with Gasteiger partial charge in [0.1, 0.15) is 17.3 Å². The van der Waals surface area contributed by atoms with Crippen LogP contribution in [-0.4, -0.2) is 63.3 Å². The number of rotatable bonds is 5. The Morgan fingerprint density at radius 1 is 1.12 bits per heavy atom. The average molecular weight is 442 g/mol. The largest absolute Gasteiger partial charge is 0.478 e. The van der Waals surface area contributed by atoms with E-state index in [0.29, 0.717) is 44.6 Å². The van der Waals surface area contributed by atoms with Gasteiger partial charge in [-0.25, -0.2) is 13.8 Å². The fraction of sp³-hybridized carbons (Fsp3) is 0.364. The fourth-order valence-electron chi connectivity index (χ4n) is 3.69. The van der Waals surface area contributed by atoms with E-state index < -0.39 is 11.6 Å². The van der Waals surface area contributed by atoms with Crippen LogP contribution in [0.2, 0.25) is 0 Å². The number of anilines is 1. The molecule has 1 saturated heterocycles. The molecule has 0 bridgehead atoms. The van der Waals surface area contributed by atoms with Gasteiger partial charge in [-0.05, 0) is 26.0 Å². The molecule has 32 heavy (non-hydrogen) atoms. The van der Waals surface area contributed by atoms with Gasteiger partial charge in [-0.1, -0.05) is 0 Å². The normalized spacial score (nSPS) is 14.0. The molecular weight excluding hydrogens is 418 g/mol. The fourth-order valence-corrected chi connectivity index (χ4v) is 3.69. The molecule has 3 aromatic rings. The first-order chi connectivity index (χ1) is 15.4. The molecule has 0 N–H and O–H groups in total. The van der Waals surface area contributed by atoms with E-state index in [1.165, 1.54) is 10.7 Å². The molecule has 0 saturated carbocycles. The third-order valence-corrected chi connectivity index (χ3v) is 5.21. The van der Waals surface area contributed by atoms with Crippen LogP contribution in [0.5, 0.6) is 5.88 Å². The Bertz CT molecular complexity index is 1140. The highest BCUT2D eigenvalue weighted by molar-refractivity contribution is 6.00. The number of hydrogen-bond acceptors (Lipinski definition) is 6. The molecule has 1 aliphatic rings. The number of amides is 1. The first-order valence-corrected chi connectivity index (χ1v) is 10.4. The molecule has 0 spiro atoms. The molecule has 1 aromatic carbocycles. The van der Waals surface area contributed by atoms with E-state index in [2.05, 4.69) is 15.1 Å². The number of aryl methyl sites for hydroxylation is 2. The topological polar surface area (TPSA) is 76.4 Å². The number of halogens is 2. The van der Waals surface area contributed by atoms with E-state index in [4.69, 9.17) is 4.74 Å². The zero-order valence-corrected chi connectivity index (χ0v) is 18.2. The Labute approximate surface area is 184 Å². The Hall–Kier alpha value is -3.56. The van der Waals surface area contributed by atoms with Gasteiger partial charge < -0.3 is 14.5 Å². The minimum atomic E-state index is -0.760. The summed E-state index contributed by atoms with van der Waals surface area (Å²) in [6.07, 6.45) is 1.56. The molecule has 1 fully saturated rings. The Kier molecular flexibility index (Phi) is 6.02. The van der Waals surface area contributed by atoms with Crippen molar-refractivity contribution in [2.45, 2.75) is 13.8 Å². The summed E-state index contributed by atoms with van der Waals surface area (Å²) in [5.74, 6) is -0.608. The first-order valence-electron chi connectivity index (χ1n) is 10.4. The number of carbonyl (C=O) groups is 1. The molecule has 1 aliphatic heterocycles. The lowest BCUT2D eigenvalue weighted by atomic mass is 10.1. The highest BCUT2D eigenvalue weighted by Crippen LogP contribution is 2.27. The van der Waals surface area contributed by atoms with Crippen LogP contribution < -0.4 is 9.64 Å². The zero-order valence-electron chi connectivity index (χ0n) is 18.2. The van der Waals surface area contributed by atoms with Crippen molar-refractivity contribution in [2.24, 2.45) is 7.05 Å². The third kappa shape index (κ3) is 4.39. The van der Waals surface area contributed by atoms with Crippen molar-refractivity contribution in [1.82, 2.24) is 24.6 Å². The van der Waals surface area contributed by atoms with Crippen LogP contribution in [0.25, 0.3) is 11.3 Å². The van der Waals surface area contributed by atoms with Crippen LogP contribution in [0.1, 0.15) is 23.0 Å². The molecule has 1 amide bonds. The summed E-state index contributed by atoms with van der Waals surface area (Å²) >= 11 is 0.